The minimum atomic E-state index is 0.0393. The molecule has 2 unspecified atom stereocenters. The fraction of sp³-hybridized carbons (Fsp3) is 0.900. The number of nitrogens with zero attached hydrogens (tertiary/aromatic N) is 3. The smallest absolute Gasteiger partial charge is 0.243 e. The molecule has 2 aliphatic rings. The molecule has 26 heavy (non-hydrogen) atoms. The Hall–Kier alpha value is -1.30. The van der Waals surface area contributed by atoms with Crippen LogP contribution in [0.3, 0.4) is 0 Å². The van der Waals surface area contributed by atoms with Gasteiger partial charge in [0.25, 0.3) is 0 Å². The number of nitrogens with one attached hydrogen (secondary N) is 2. The van der Waals surface area contributed by atoms with Crippen molar-refractivity contribution in [3.63, 3.8) is 0 Å². The highest BCUT2D eigenvalue weighted by atomic mass is 16.2. The van der Waals surface area contributed by atoms with E-state index in [1.54, 1.807) is 19.0 Å². The molecule has 0 aromatic rings. The third-order valence-corrected chi connectivity index (χ3v) is 5.91. The second-order valence-corrected chi connectivity index (χ2v) is 8.51. The van der Waals surface area contributed by atoms with E-state index in [-0.39, 0.29) is 12.5 Å². The Bertz CT molecular complexity index is 469. The predicted octanol–water partition coefficient (Wildman–Crippen LogP) is 2.06. The van der Waals surface area contributed by atoms with Gasteiger partial charge in [-0.05, 0) is 45.4 Å². The van der Waals surface area contributed by atoms with Crippen LogP contribution in [0, 0.1) is 5.92 Å². The van der Waals surface area contributed by atoms with E-state index in [2.05, 4.69) is 41.3 Å². The van der Waals surface area contributed by atoms with Crippen molar-refractivity contribution in [1.82, 2.24) is 20.4 Å². The van der Waals surface area contributed by atoms with Crippen LogP contribution < -0.4 is 10.6 Å². The summed E-state index contributed by atoms with van der Waals surface area (Å²) in [5.41, 5.74) is 0. The van der Waals surface area contributed by atoms with E-state index < -0.39 is 0 Å². The van der Waals surface area contributed by atoms with Gasteiger partial charge in [0.15, 0.2) is 5.96 Å². The van der Waals surface area contributed by atoms with Crippen molar-refractivity contribution >= 4 is 11.9 Å². The summed E-state index contributed by atoms with van der Waals surface area (Å²) in [6.07, 6.45) is 7.32. The summed E-state index contributed by atoms with van der Waals surface area (Å²) in [6, 6.07) is 1.51. The highest BCUT2D eigenvalue weighted by Gasteiger charge is 2.25. The van der Waals surface area contributed by atoms with E-state index in [0.717, 1.165) is 31.9 Å². The van der Waals surface area contributed by atoms with Gasteiger partial charge in [-0.15, -0.1) is 0 Å². The number of hydrogen-bond acceptors (Lipinski definition) is 3. The van der Waals surface area contributed by atoms with Crippen LogP contribution in [-0.2, 0) is 4.79 Å². The van der Waals surface area contributed by atoms with Crippen LogP contribution in [0.1, 0.15) is 59.3 Å². The fourth-order valence-electron chi connectivity index (χ4n) is 3.88. The standard InChI is InChI=1S/C20H39N5O/c1-15(2)25-12-10-17(11-13-25)22-20(21-14-19(26)24(4)5)23-18-9-7-6-8-16(18)3/h15-18H,6-14H2,1-5H3,(H2,21,22,23). The van der Waals surface area contributed by atoms with Gasteiger partial charge in [-0.3, -0.25) is 4.79 Å². The number of carbonyl (C=O) groups excluding carboxylic acids is 1. The number of likely N-dealkylation sites (tertiary alicyclic amines) is 1. The number of piperidine rings is 1. The molecule has 1 aliphatic carbocycles. The maximum Gasteiger partial charge on any atom is 0.243 e. The monoisotopic (exact) mass is 365 g/mol. The normalized spacial score (nSPS) is 26.0. The largest absolute Gasteiger partial charge is 0.354 e. The summed E-state index contributed by atoms with van der Waals surface area (Å²) in [5.74, 6) is 1.52. The number of likely N-dealkylation sites (N-methyl/N-ethyl adjacent to an activating group) is 1. The molecule has 1 saturated carbocycles. The summed E-state index contributed by atoms with van der Waals surface area (Å²) >= 11 is 0. The van der Waals surface area contributed by atoms with Crippen molar-refractivity contribution in [2.75, 3.05) is 33.7 Å². The first-order valence-electron chi connectivity index (χ1n) is 10.4. The molecule has 1 heterocycles. The number of aliphatic imine (C=N–C) groups is 1. The van der Waals surface area contributed by atoms with Gasteiger partial charge in [0.05, 0.1) is 0 Å². The van der Waals surface area contributed by atoms with Gasteiger partial charge in [0.2, 0.25) is 5.91 Å². The molecule has 2 fully saturated rings. The quantitative estimate of drug-likeness (QED) is 0.578. The van der Waals surface area contributed by atoms with Crippen molar-refractivity contribution in [1.29, 1.82) is 0 Å². The second-order valence-electron chi connectivity index (χ2n) is 8.51. The molecule has 1 saturated heterocycles. The molecule has 6 heteroatoms. The van der Waals surface area contributed by atoms with Crippen LogP contribution in [0.15, 0.2) is 4.99 Å². The lowest BCUT2D eigenvalue weighted by atomic mass is 9.86. The average Bonchev–Trinajstić information content (AvgIpc) is 2.61. The molecule has 2 rings (SSSR count). The Labute approximate surface area is 159 Å². The second kappa shape index (κ2) is 10.1. The van der Waals surface area contributed by atoms with E-state index in [1.165, 1.54) is 25.7 Å². The summed E-state index contributed by atoms with van der Waals surface area (Å²) in [6.45, 7) is 9.30. The lowest BCUT2D eigenvalue weighted by Gasteiger charge is -2.36. The Morgan fingerprint density at radius 2 is 1.77 bits per heavy atom. The first-order valence-corrected chi connectivity index (χ1v) is 10.4. The molecule has 2 atom stereocenters. The van der Waals surface area contributed by atoms with E-state index in [1.807, 2.05) is 0 Å². The Kier molecular flexibility index (Phi) is 8.19. The highest BCUT2D eigenvalue weighted by Crippen LogP contribution is 2.23. The Balaban J connectivity index is 1.96. The lowest BCUT2D eigenvalue weighted by molar-refractivity contribution is -0.127. The first-order chi connectivity index (χ1) is 12.4. The zero-order valence-corrected chi connectivity index (χ0v) is 17.4. The van der Waals surface area contributed by atoms with E-state index in [4.69, 9.17) is 0 Å². The molecule has 0 aromatic carbocycles. The molecule has 0 aromatic heterocycles. The molecular formula is C20H39N5O. The molecular weight excluding hydrogens is 326 g/mol. The lowest BCUT2D eigenvalue weighted by Crippen LogP contribution is -2.53. The molecule has 1 amide bonds. The van der Waals surface area contributed by atoms with E-state index in [9.17, 15) is 4.79 Å². The van der Waals surface area contributed by atoms with Crippen LogP contribution in [-0.4, -0.2) is 73.5 Å². The minimum absolute atomic E-state index is 0.0393. The van der Waals surface area contributed by atoms with Gasteiger partial charge in [0.1, 0.15) is 6.54 Å². The van der Waals surface area contributed by atoms with Crippen LogP contribution >= 0.6 is 0 Å². The molecule has 0 bridgehead atoms. The third kappa shape index (κ3) is 6.45. The SMILES string of the molecule is CC1CCCCC1NC(=NCC(=O)N(C)C)NC1CCN(C(C)C)CC1. The number of amides is 1. The zero-order chi connectivity index (χ0) is 19.1. The molecule has 2 N–H and O–H groups in total. The Morgan fingerprint density at radius 3 is 2.35 bits per heavy atom. The van der Waals surface area contributed by atoms with Gasteiger partial charge in [-0.1, -0.05) is 19.8 Å². The topological polar surface area (TPSA) is 60.0 Å². The van der Waals surface area contributed by atoms with E-state index in [0.29, 0.717) is 24.0 Å². The number of carbonyl (C=O) groups is 1. The first kappa shape index (κ1) is 21.0. The number of rotatable bonds is 5. The number of hydrogen-bond donors (Lipinski definition) is 2. The number of guanidine groups is 1. The van der Waals surface area contributed by atoms with Gasteiger partial charge in [-0.2, -0.15) is 0 Å². The van der Waals surface area contributed by atoms with Crippen LogP contribution in [0.25, 0.3) is 0 Å². The summed E-state index contributed by atoms with van der Waals surface area (Å²) < 4.78 is 0. The van der Waals surface area contributed by atoms with Gasteiger partial charge in [-0.25, -0.2) is 4.99 Å². The Morgan fingerprint density at radius 1 is 1.12 bits per heavy atom. The van der Waals surface area contributed by atoms with Crippen molar-refractivity contribution < 1.29 is 4.79 Å². The molecule has 0 radical (unpaired) electrons. The highest BCUT2D eigenvalue weighted by molar-refractivity contribution is 5.85. The minimum Gasteiger partial charge on any atom is -0.354 e. The maximum absolute atomic E-state index is 12.0. The van der Waals surface area contributed by atoms with E-state index >= 15 is 0 Å². The van der Waals surface area contributed by atoms with Crippen LogP contribution in [0.4, 0.5) is 0 Å². The van der Waals surface area contributed by atoms with Crippen molar-refractivity contribution in [3.8, 4) is 0 Å². The zero-order valence-electron chi connectivity index (χ0n) is 17.4. The molecule has 150 valence electrons. The summed E-state index contributed by atoms with van der Waals surface area (Å²) in [7, 11) is 3.56. The molecule has 6 nitrogen and oxygen atoms in total. The van der Waals surface area contributed by atoms with Gasteiger partial charge >= 0.3 is 0 Å². The maximum atomic E-state index is 12.0. The van der Waals surface area contributed by atoms with Crippen molar-refractivity contribution in [2.45, 2.75) is 77.4 Å². The summed E-state index contributed by atoms with van der Waals surface area (Å²) in [4.78, 5) is 20.7. The molecule has 1 aliphatic heterocycles. The third-order valence-electron chi connectivity index (χ3n) is 5.91. The van der Waals surface area contributed by atoms with Crippen LogP contribution in [0.2, 0.25) is 0 Å². The van der Waals surface area contributed by atoms with Crippen molar-refractivity contribution in [3.05, 3.63) is 0 Å². The van der Waals surface area contributed by atoms with Gasteiger partial charge in [0, 0.05) is 45.3 Å². The molecule has 0 spiro atoms. The van der Waals surface area contributed by atoms with Gasteiger partial charge < -0.3 is 20.4 Å². The predicted molar refractivity (Wildman–Crippen MR) is 108 cm³/mol. The van der Waals surface area contributed by atoms with Crippen LogP contribution in [0.5, 0.6) is 0 Å². The summed E-state index contributed by atoms with van der Waals surface area (Å²) in [5, 5.41) is 7.25. The average molecular weight is 366 g/mol. The van der Waals surface area contributed by atoms with Crippen molar-refractivity contribution in [2.24, 2.45) is 10.9 Å². The fourth-order valence-corrected chi connectivity index (χ4v) is 3.88.